The van der Waals surface area contributed by atoms with Crippen molar-refractivity contribution in [1.29, 1.82) is 0 Å². The summed E-state index contributed by atoms with van der Waals surface area (Å²) in [5.41, 5.74) is 0.936. The van der Waals surface area contributed by atoms with Gasteiger partial charge in [0, 0.05) is 25.0 Å². The fourth-order valence-electron chi connectivity index (χ4n) is 2.90. The molecule has 0 radical (unpaired) electrons. The van der Waals surface area contributed by atoms with Gasteiger partial charge in [-0.05, 0) is 43.4 Å². The van der Waals surface area contributed by atoms with E-state index in [9.17, 15) is 5.11 Å². The first kappa shape index (κ1) is 14.5. The molecule has 3 nitrogen and oxygen atoms in total. The van der Waals surface area contributed by atoms with Crippen molar-refractivity contribution in [1.82, 2.24) is 10.3 Å². The molecule has 0 aromatic carbocycles. The van der Waals surface area contributed by atoms with E-state index in [1.165, 1.54) is 38.5 Å². The summed E-state index contributed by atoms with van der Waals surface area (Å²) < 4.78 is 0. The van der Waals surface area contributed by atoms with Crippen LogP contribution in [0.1, 0.15) is 57.1 Å². The van der Waals surface area contributed by atoms with Crippen LogP contribution in [0.5, 0.6) is 0 Å². The first-order chi connectivity index (χ1) is 9.25. The van der Waals surface area contributed by atoms with Crippen LogP contribution in [0.25, 0.3) is 0 Å². The Labute approximate surface area is 116 Å². The highest BCUT2D eigenvalue weighted by Gasteiger charge is 2.16. The first-order valence-corrected chi connectivity index (χ1v) is 7.57. The number of aliphatic hydroxyl groups is 1. The third kappa shape index (κ3) is 4.92. The highest BCUT2D eigenvalue weighted by molar-refractivity contribution is 5.13. The van der Waals surface area contributed by atoms with E-state index >= 15 is 0 Å². The van der Waals surface area contributed by atoms with Gasteiger partial charge in [0.1, 0.15) is 0 Å². The van der Waals surface area contributed by atoms with Crippen LogP contribution < -0.4 is 5.32 Å². The Morgan fingerprint density at radius 1 is 1.32 bits per heavy atom. The van der Waals surface area contributed by atoms with Gasteiger partial charge in [0.15, 0.2) is 0 Å². The molecule has 2 atom stereocenters. The number of aromatic nitrogens is 1. The molecule has 1 fully saturated rings. The number of hydrogen-bond donors (Lipinski definition) is 2. The monoisotopic (exact) mass is 262 g/mol. The summed E-state index contributed by atoms with van der Waals surface area (Å²) in [6.45, 7) is 2.84. The standard InChI is InChI=1S/C16H26N2O/c1-13(6-7-14-4-2-3-5-14)18-12-16(19)15-8-10-17-11-9-15/h8-11,13-14,16,18-19H,2-7,12H2,1H3. The fourth-order valence-corrected chi connectivity index (χ4v) is 2.90. The van der Waals surface area contributed by atoms with E-state index in [1.807, 2.05) is 12.1 Å². The third-order valence-electron chi connectivity index (χ3n) is 4.23. The SMILES string of the molecule is CC(CCC1CCCC1)NCC(O)c1ccncc1. The van der Waals surface area contributed by atoms with Crippen LogP contribution in [0.4, 0.5) is 0 Å². The molecule has 1 aliphatic rings. The highest BCUT2D eigenvalue weighted by atomic mass is 16.3. The molecule has 1 saturated carbocycles. The van der Waals surface area contributed by atoms with Gasteiger partial charge in [0.05, 0.1) is 6.10 Å². The van der Waals surface area contributed by atoms with Crippen LogP contribution in [0.15, 0.2) is 24.5 Å². The maximum atomic E-state index is 10.1. The minimum absolute atomic E-state index is 0.433. The van der Waals surface area contributed by atoms with Crippen LogP contribution in [0.2, 0.25) is 0 Å². The second kappa shape index (κ2) is 7.61. The van der Waals surface area contributed by atoms with E-state index in [1.54, 1.807) is 12.4 Å². The van der Waals surface area contributed by atoms with Crippen LogP contribution in [0, 0.1) is 5.92 Å². The molecular weight excluding hydrogens is 236 g/mol. The van der Waals surface area contributed by atoms with E-state index in [0.29, 0.717) is 12.6 Å². The summed E-state index contributed by atoms with van der Waals surface area (Å²) in [7, 11) is 0. The molecule has 19 heavy (non-hydrogen) atoms. The summed E-state index contributed by atoms with van der Waals surface area (Å²) in [5.74, 6) is 0.953. The average Bonchev–Trinajstić information content (AvgIpc) is 2.96. The predicted molar refractivity (Wildman–Crippen MR) is 77.9 cm³/mol. The predicted octanol–water partition coefficient (Wildman–Crippen LogP) is 3.06. The third-order valence-corrected chi connectivity index (χ3v) is 4.23. The number of nitrogens with one attached hydrogen (secondary N) is 1. The van der Waals surface area contributed by atoms with E-state index in [2.05, 4.69) is 17.2 Å². The van der Waals surface area contributed by atoms with E-state index < -0.39 is 6.10 Å². The molecule has 1 aromatic heterocycles. The Balaban J connectivity index is 1.64. The van der Waals surface area contributed by atoms with Gasteiger partial charge in [-0.25, -0.2) is 0 Å². The van der Waals surface area contributed by atoms with Gasteiger partial charge in [0.2, 0.25) is 0 Å². The number of nitrogens with zero attached hydrogens (tertiary/aromatic N) is 1. The van der Waals surface area contributed by atoms with Gasteiger partial charge in [-0.1, -0.05) is 25.7 Å². The minimum Gasteiger partial charge on any atom is -0.387 e. The molecule has 2 unspecified atom stereocenters. The topological polar surface area (TPSA) is 45.1 Å². The highest BCUT2D eigenvalue weighted by Crippen LogP contribution is 2.28. The summed E-state index contributed by atoms with van der Waals surface area (Å²) in [4.78, 5) is 3.97. The minimum atomic E-state index is -0.433. The van der Waals surface area contributed by atoms with Crippen molar-refractivity contribution < 1.29 is 5.11 Å². The first-order valence-electron chi connectivity index (χ1n) is 7.57. The second-order valence-electron chi connectivity index (χ2n) is 5.83. The Bertz CT molecular complexity index is 349. The maximum Gasteiger partial charge on any atom is 0.0915 e. The van der Waals surface area contributed by atoms with E-state index in [4.69, 9.17) is 0 Å². The Morgan fingerprint density at radius 3 is 2.68 bits per heavy atom. The molecule has 2 rings (SSSR count). The number of pyridine rings is 1. The van der Waals surface area contributed by atoms with Crippen LogP contribution in [-0.4, -0.2) is 22.7 Å². The molecule has 2 N–H and O–H groups in total. The van der Waals surface area contributed by atoms with Crippen molar-refractivity contribution in [2.75, 3.05) is 6.54 Å². The lowest BCUT2D eigenvalue weighted by atomic mass is 9.99. The van der Waals surface area contributed by atoms with Gasteiger partial charge >= 0.3 is 0 Å². The molecule has 0 spiro atoms. The van der Waals surface area contributed by atoms with Gasteiger partial charge in [-0.15, -0.1) is 0 Å². The van der Waals surface area contributed by atoms with Crippen LogP contribution in [-0.2, 0) is 0 Å². The largest absolute Gasteiger partial charge is 0.387 e. The molecule has 1 heterocycles. The molecule has 0 saturated heterocycles. The summed E-state index contributed by atoms with van der Waals surface area (Å²) in [6.07, 6.45) is 11.3. The number of rotatable bonds is 7. The molecule has 3 heteroatoms. The summed E-state index contributed by atoms with van der Waals surface area (Å²) in [6, 6.07) is 4.22. The maximum absolute atomic E-state index is 10.1. The van der Waals surface area contributed by atoms with E-state index in [-0.39, 0.29) is 0 Å². The zero-order valence-corrected chi connectivity index (χ0v) is 11.9. The Hall–Kier alpha value is -0.930. The smallest absolute Gasteiger partial charge is 0.0915 e. The molecule has 0 aliphatic heterocycles. The fraction of sp³-hybridized carbons (Fsp3) is 0.688. The molecule has 106 valence electrons. The van der Waals surface area contributed by atoms with Crippen molar-refractivity contribution in [2.45, 2.75) is 57.6 Å². The number of aliphatic hydroxyl groups excluding tert-OH is 1. The molecule has 1 aromatic rings. The molecule has 0 bridgehead atoms. The lowest BCUT2D eigenvalue weighted by Gasteiger charge is -2.18. The average molecular weight is 262 g/mol. The lowest BCUT2D eigenvalue weighted by molar-refractivity contribution is 0.169. The Morgan fingerprint density at radius 2 is 2.00 bits per heavy atom. The van der Waals surface area contributed by atoms with Crippen molar-refractivity contribution >= 4 is 0 Å². The zero-order chi connectivity index (χ0) is 13.5. The van der Waals surface area contributed by atoms with Gasteiger partial charge in [-0.2, -0.15) is 0 Å². The van der Waals surface area contributed by atoms with Crippen molar-refractivity contribution in [3.63, 3.8) is 0 Å². The van der Waals surface area contributed by atoms with Crippen molar-refractivity contribution in [3.8, 4) is 0 Å². The number of hydrogen-bond acceptors (Lipinski definition) is 3. The Kier molecular flexibility index (Phi) is 5.80. The van der Waals surface area contributed by atoms with Gasteiger partial charge in [0.25, 0.3) is 0 Å². The van der Waals surface area contributed by atoms with Crippen molar-refractivity contribution in [3.05, 3.63) is 30.1 Å². The second-order valence-corrected chi connectivity index (χ2v) is 5.83. The van der Waals surface area contributed by atoms with Gasteiger partial charge < -0.3 is 10.4 Å². The quantitative estimate of drug-likeness (QED) is 0.794. The van der Waals surface area contributed by atoms with Crippen LogP contribution in [0.3, 0.4) is 0 Å². The summed E-state index contributed by atoms with van der Waals surface area (Å²) in [5, 5.41) is 13.5. The zero-order valence-electron chi connectivity index (χ0n) is 11.9. The van der Waals surface area contributed by atoms with Gasteiger partial charge in [-0.3, -0.25) is 4.98 Å². The molecule has 0 amide bonds. The molecular formula is C16H26N2O. The normalized spacial score (nSPS) is 19.5. The summed E-state index contributed by atoms with van der Waals surface area (Å²) >= 11 is 0. The van der Waals surface area contributed by atoms with E-state index in [0.717, 1.165) is 11.5 Å². The lowest BCUT2D eigenvalue weighted by Crippen LogP contribution is -2.30. The van der Waals surface area contributed by atoms with Crippen LogP contribution >= 0.6 is 0 Å². The van der Waals surface area contributed by atoms with Crippen molar-refractivity contribution in [2.24, 2.45) is 5.92 Å². The molecule has 1 aliphatic carbocycles.